The lowest BCUT2D eigenvalue weighted by atomic mass is 10.4. The number of anilines is 2. The van der Waals surface area contributed by atoms with Gasteiger partial charge in [-0.1, -0.05) is 6.58 Å². The molecule has 3 N–H and O–H groups in total. The summed E-state index contributed by atoms with van der Waals surface area (Å²) < 4.78 is 1.55. The van der Waals surface area contributed by atoms with E-state index >= 15 is 0 Å². The van der Waals surface area contributed by atoms with E-state index in [2.05, 4.69) is 11.6 Å². The molecule has 0 unspecified atom stereocenters. The second-order valence-electron chi connectivity index (χ2n) is 2.73. The lowest BCUT2D eigenvalue weighted by Gasteiger charge is -2.15. The van der Waals surface area contributed by atoms with Crippen LogP contribution in [0.3, 0.4) is 0 Å². The molecular formula is C8H13N5. The van der Waals surface area contributed by atoms with Gasteiger partial charge in [-0.15, -0.1) is 0 Å². The summed E-state index contributed by atoms with van der Waals surface area (Å²) in [5, 5.41) is 7.59. The summed E-state index contributed by atoms with van der Waals surface area (Å²) in [6, 6.07) is 0. The van der Waals surface area contributed by atoms with Crippen LogP contribution in [0.2, 0.25) is 0 Å². The molecule has 0 bridgehead atoms. The molecule has 0 spiro atoms. The molecule has 1 heterocycles. The Morgan fingerprint density at radius 2 is 2.38 bits per heavy atom. The molecule has 0 aliphatic heterocycles. The fourth-order valence-corrected chi connectivity index (χ4v) is 0.932. The molecule has 13 heavy (non-hydrogen) atoms. The van der Waals surface area contributed by atoms with Crippen molar-refractivity contribution in [2.75, 3.05) is 17.7 Å². The first-order valence-electron chi connectivity index (χ1n) is 3.79. The van der Waals surface area contributed by atoms with E-state index in [0.29, 0.717) is 11.5 Å². The zero-order valence-electron chi connectivity index (χ0n) is 7.78. The number of rotatable bonds is 2. The third-order valence-corrected chi connectivity index (χ3v) is 1.81. The second-order valence-corrected chi connectivity index (χ2v) is 2.73. The Morgan fingerprint density at radius 3 is 2.92 bits per heavy atom. The predicted octanol–water partition coefficient (Wildman–Crippen LogP) is 0.0615. The highest BCUT2D eigenvalue weighted by atomic mass is 15.2. The molecular weight excluding hydrogens is 166 g/mol. The Hall–Kier alpha value is -1.78. The van der Waals surface area contributed by atoms with Crippen molar-refractivity contribution in [2.24, 2.45) is 7.05 Å². The largest absolute Gasteiger partial charge is 0.393 e. The van der Waals surface area contributed by atoms with E-state index < -0.39 is 0 Å². The smallest absolute Gasteiger partial charge is 0.161 e. The van der Waals surface area contributed by atoms with Gasteiger partial charge < -0.3 is 15.2 Å². The summed E-state index contributed by atoms with van der Waals surface area (Å²) in [5.74, 6) is 0.554. The molecule has 1 rings (SSSR count). The van der Waals surface area contributed by atoms with Crippen LogP contribution in [0.4, 0.5) is 11.5 Å². The fourth-order valence-electron chi connectivity index (χ4n) is 0.932. The summed E-state index contributed by atoms with van der Waals surface area (Å²) in [5.41, 5.74) is 6.30. The summed E-state index contributed by atoms with van der Waals surface area (Å²) >= 11 is 0. The minimum Gasteiger partial charge on any atom is -0.393 e. The van der Waals surface area contributed by atoms with Crippen LogP contribution in [0.15, 0.2) is 19.1 Å². The van der Waals surface area contributed by atoms with E-state index in [-0.39, 0.29) is 5.49 Å². The number of nitrogen functional groups attached to an aromatic ring is 1. The van der Waals surface area contributed by atoms with E-state index in [1.807, 2.05) is 0 Å². The average molecular weight is 179 g/mol. The molecule has 5 heteroatoms. The van der Waals surface area contributed by atoms with Gasteiger partial charge in [0, 0.05) is 14.1 Å². The van der Waals surface area contributed by atoms with Gasteiger partial charge in [-0.2, -0.15) is 0 Å². The van der Waals surface area contributed by atoms with Crippen LogP contribution in [-0.2, 0) is 7.05 Å². The average Bonchev–Trinajstić information content (AvgIpc) is 2.13. The number of nitrogens with two attached hydrogens (primary N) is 1. The molecule has 0 saturated carbocycles. The van der Waals surface area contributed by atoms with Gasteiger partial charge in [-0.05, 0) is 6.20 Å². The molecule has 0 atom stereocenters. The Balaban J connectivity index is 3.34. The van der Waals surface area contributed by atoms with Gasteiger partial charge in [0.25, 0.3) is 0 Å². The lowest BCUT2D eigenvalue weighted by molar-refractivity contribution is 0.789. The number of aromatic nitrogens is 2. The Kier molecular flexibility index (Phi) is 2.36. The molecule has 1 aromatic heterocycles. The van der Waals surface area contributed by atoms with Gasteiger partial charge in [0.15, 0.2) is 11.3 Å². The van der Waals surface area contributed by atoms with Gasteiger partial charge in [0.2, 0.25) is 0 Å². The molecule has 0 aliphatic carbocycles. The minimum absolute atomic E-state index is 0.249. The van der Waals surface area contributed by atoms with E-state index in [4.69, 9.17) is 11.1 Å². The zero-order valence-corrected chi connectivity index (χ0v) is 7.78. The van der Waals surface area contributed by atoms with E-state index in [1.165, 1.54) is 0 Å². The Morgan fingerprint density at radius 1 is 1.77 bits per heavy atom. The van der Waals surface area contributed by atoms with Crippen molar-refractivity contribution in [2.45, 2.75) is 0 Å². The van der Waals surface area contributed by atoms with Crippen molar-refractivity contribution in [1.82, 2.24) is 9.55 Å². The van der Waals surface area contributed by atoms with Crippen LogP contribution < -0.4 is 16.1 Å². The van der Waals surface area contributed by atoms with Crippen LogP contribution in [0.1, 0.15) is 0 Å². The summed E-state index contributed by atoms with van der Waals surface area (Å²) in [7, 11) is 3.51. The topological polar surface area (TPSA) is 70.9 Å². The number of aryl methyl sites for hydroxylation is 1. The molecule has 0 amide bonds. The summed E-state index contributed by atoms with van der Waals surface area (Å²) in [4.78, 5) is 5.76. The van der Waals surface area contributed by atoms with Gasteiger partial charge in [0.1, 0.15) is 5.69 Å². The molecule has 70 valence electrons. The monoisotopic (exact) mass is 179 g/mol. The second kappa shape index (κ2) is 3.30. The molecule has 0 aliphatic rings. The van der Waals surface area contributed by atoms with Crippen LogP contribution >= 0.6 is 0 Å². The standard InChI is InChI=1S/C8H13N5/c1-4-12(2)8-6(9)7(10)13(3)5-11-8/h4-5,10H,1,9H2,2-3H3. The number of nitrogens with one attached hydrogen (secondary N) is 1. The first-order valence-corrected chi connectivity index (χ1v) is 3.79. The lowest BCUT2D eigenvalue weighted by Crippen LogP contribution is -2.25. The van der Waals surface area contributed by atoms with Crippen LogP contribution in [0.25, 0.3) is 0 Å². The first kappa shape index (κ1) is 9.31. The molecule has 0 fully saturated rings. The van der Waals surface area contributed by atoms with Crippen molar-refractivity contribution in [3.05, 3.63) is 24.6 Å². The van der Waals surface area contributed by atoms with Gasteiger partial charge in [-0.25, -0.2) is 4.98 Å². The molecule has 0 aromatic carbocycles. The minimum atomic E-state index is 0.249. The normalized spacial score (nSPS) is 9.69. The number of hydrogen-bond acceptors (Lipinski definition) is 4. The Labute approximate surface area is 76.6 Å². The zero-order chi connectivity index (χ0) is 10.0. The van der Waals surface area contributed by atoms with Crippen molar-refractivity contribution in [3.63, 3.8) is 0 Å². The van der Waals surface area contributed by atoms with E-state index in [9.17, 15) is 0 Å². The maximum atomic E-state index is 7.59. The van der Waals surface area contributed by atoms with Crippen LogP contribution in [0.5, 0.6) is 0 Å². The molecule has 5 nitrogen and oxygen atoms in total. The SMILES string of the molecule is C=CN(C)c1ncn(C)c(=N)c1N. The van der Waals surface area contributed by atoms with Crippen molar-refractivity contribution in [3.8, 4) is 0 Å². The number of nitrogens with zero attached hydrogens (tertiary/aromatic N) is 3. The number of hydrogen-bond donors (Lipinski definition) is 2. The maximum absolute atomic E-state index is 7.59. The predicted molar refractivity (Wildman–Crippen MR) is 52.1 cm³/mol. The van der Waals surface area contributed by atoms with Crippen LogP contribution in [0, 0.1) is 5.41 Å². The van der Waals surface area contributed by atoms with Crippen molar-refractivity contribution < 1.29 is 0 Å². The molecule has 0 radical (unpaired) electrons. The Bertz CT molecular complexity index is 379. The van der Waals surface area contributed by atoms with Crippen molar-refractivity contribution >= 4 is 11.5 Å². The third-order valence-electron chi connectivity index (χ3n) is 1.81. The molecule has 1 aromatic rings. The molecule has 0 saturated heterocycles. The highest BCUT2D eigenvalue weighted by molar-refractivity contribution is 5.61. The van der Waals surface area contributed by atoms with Gasteiger partial charge >= 0.3 is 0 Å². The maximum Gasteiger partial charge on any atom is 0.161 e. The quantitative estimate of drug-likeness (QED) is 0.674. The highest BCUT2D eigenvalue weighted by Crippen LogP contribution is 2.12. The van der Waals surface area contributed by atoms with Crippen molar-refractivity contribution in [1.29, 1.82) is 5.41 Å². The summed E-state index contributed by atoms with van der Waals surface area (Å²) in [6.45, 7) is 3.59. The highest BCUT2D eigenvalue weighted by Gasteiger charge is 2.05. The first-order chi connectivity index (χ1) is 6.07. The van der Waals surface area contributed by atoms with Crippen LogP contribution in [-0.4, -0.2) is 16.6 Å². The van der Waals surface area contributed by atoms with E-state index in [1.54, 1.807) is 36.1 Å². The van der Waals surface area contributed by atoms with E-state index in [0.717, 1.165) is 0 Å². The third kappa shape index (κ3) is 1.53. The van der Waals surface area contributed by atoms with Gasteiger partial charge in [-0.3, -0.25) is 5.41 Å². The fraction of sp³-hybridized carbons (Fsp3) is 0.250. The van der Waals surface area contributed by atoms with Gasteiger partial charge in [0.05, 0.1) is 6.33 Å². The summed E-state index contributed by atoms with van der Waals surface area (Å²) in [6.07, 6.45) is 3.14.